The molecule has 0 unspecified atom stereocenters. The van der Waals surface area contributed by atoms with E-state index in [1.165, 1.54) is 4.90 Å². The Morgan fingerprint density at radius 2 is 1.75 bits per heavy atom. The summed E-state index contributed by atoms with van der Waals surface area (Å²) in [5.41, 5.74) is 0.252. The van der Waals surface area contributed by atoms with E-state index >= 15 is 0 Å². The second-order valence-electron chi connectivity index (χ2n) is 6.72. The van der Waals surface area contributed by atoms with Crippen molar-refractivity contribution >= 4 is 23.3 Å². The zero-order valence-corrected chi connectivity index (χ0v) is 16.0. The summed E-state index contributed by atoms with van der Waals surface area (Å²) in [6.07, 6.45) is 0.459. The molecule has 1 heterocycles. The number of nitrogens with zero attached hydrogens (tertiary/aromatic N) is 1. The van der Waals surface area contributed by atoms with Gasteiger partial charge in [0, 0.05) is 11.1 Å². The molecule has 0 bridgehead atoms. The number of amides is 1. The first-order chi connectivity index (χ1) is 13.4. The van der Waals surface area contributed by atoms with Gasteiger partial charge in [0.1, 0.15) is 6.54 Å². The number of hydrogen-bond donors (Lipinski definition) is 1. The monoisotopic (exact) mass is 381 g/mol. The Hall–Kier alpha value is -2.99. The number of ether oxygens (including phenoxy) is 1. The SMILES string of the molecule is CCOC(=O)CN1C(=O)[C@](O)(CC(=O)c2ccc(CC)cc2)c2ccccc21. The Morgan fingerprint density at radius 3 is 2.39 bits per heavy atom. The van der Waals surface area contributed by atoms with E-state index in [2.05, 4.69) is 0 Å². The van der Waals surface area contributed by atoms with E-state index in [9.17, 15) is 19.5 Å². The van der Waals surface area contributed by atoms with Gasteiger partial charge >= 0.3 is 5.97 Å². The van der Waals surface area contributed by atoms with Crippen molar-refractivity contribution in [3.05, 3.63) is 65.2 Å². The first kappa shape index (κ1) is 19.8. The number of carbonyl (C=O) groups excluding carboxylic acids is 3. The highest BCUT2D eigenvalue weighted by Crippen LogP contribution is 2.42. The van der Waals surface area contributed by atoms with Crippen LogP contribution in [0.25, 0.3) is 0 Å². The number of Topliss-reactive ketones (excluding diaryl/α,β-unsaturated/α-hetero) is 1. The van der Waals surface area contributed by atoms with Crippen LogP contribution in [0.15, 0.2) is 48.5 Å². The number of carbonyl (C=O) groups is 3. The van der Waals surface area contributed by atoms with Gasteiger partial charge in [-0.1, -0.05) is 49.4 Å². The number of para-hydroxylation sites is 1. The molecular formula is C22H23NO5. The number of anilines is 1. The summed E-state index contributed by atoms with van der Waals surface area (Å²) in [5, 5.41) is 11.2. The molecule has 1 amide bonds. The minimum absolute atomic E-state index is 0.193. The van der Waals surface area contributed by atoms with E-state index in [0.717, 1.165) is 12.0 Å². The fourth-order valence-electron chi connectivity index (χ4n) is 3.43. The van der Waals surface area contributed by atoms with Crippen LogP contribution in [0.3, 0.4) is 0 Å². The standard InChI is InChI=1S/C22H23NO5/c1-3-15-9-11-16(12-10-15)19(24)13-22(27)17-7-5-6-8-18(17)23(21(22)26)14-20(25)28-4-2/h5-12,27H,3-4,13-14H2,1-2H3/t22-/m0/s1. The fraction of sp³-hybridized carbons (Fsp3) is 0.318. The van der Waals surface area contributed by atoms with Gasteiger partial charge in [-0.3, -0.25) is 19.3 Å². The van der Waals surface area contributed by atoms with Crippen molar-refractivity contribution in [3.63, 3.8) is 0 Å². The number of benzene rings is 2. The summed E-state index contributed by atoms with van der Waals surface area (Å²) in [6, 6.07) is 13.8. The fourth-order valence-corrected chi connectivity index (χ4v) is 3.43. The van der Waals surface area contributed by atoms with Gasteiger partial charge in [-0.2, -0.15) is 0 Å². The van der Waals surface area contributed by atoms with Crippen molar-refractivity contribution in [1.82, 2.24) is 0 Å². The largest absolute Gasteiger partial charge is 0.465 e. The lowest BCUT2D eigenvalue weighted by atomic mass is 9.88. The molecule has 2 aromatic rings. The Bertz CT molecular complexity index is 905. The third-order valence-corrected chi connectivity index (χ3v) is 4.93. The van der Waals surface area contributed by atoms with E-state index in [1.807, 2.05) is 19.1 Å². The average molecular weight is 381 g/mol. The molecule has 0 aromatic heterocycles. The third kappa shape index (κ3) is 3.55. The maximum atomic E-state index is 13.0. The van der Waals surface area contributed by atoms with Crippen LogP contribution in [-0.4, -0.2) is 35.9 Å². The zero-order valence-electron chi connectivity index (χ0n) is 16.0. The van der Waals surface area contributed by atoms with E-state index < -0.39 is 23.9 Å². The number of ketones is 1. The number of esters is 1. The van der Waals surface area contributed by atoms with Crippen LogP contribution in [0, 0.1) is 0 Å². The lowest BCUT2D eigenvalue weighted by Crippen LogP contribution is -2.44. The van der Waals surface area contributed by atoms with Gasteiger partial charge in [0.2, 0.25) is 0 Å². The number of aliphatic hydroxyl groups is 1. The number of aryl methyl sites for hydroxylation is 1. The molecule has 0 spiro atoms. The quantitative estimate of drug-likeness (QED) is 0.589. The number of fused-ring (bicyclic) bond motifs is 1. The second-order valence-corrected chi connectivity index (χ2v) is 6.72. The minimum atomic E-state index is -2.01. The molecule has 28 heavy (non-hydrogen) atoms. The third-order valence-electron chi connectivity index (χ3n) is 4.93. The summed E-state index contributed by atoms with van der Waals surface area (Å²) in [4.78, 5) is 38.9. The predicted octanol–water partition coefficient (Wildman–Crippen LogP) is 2.62. The number of hydrogen-bond acceptors (Lipinski definition) is 5. The molecule has 0 aliphatic carbocycles. The molecule has 0 saturated carbocycles. The summed E-state index contributed by atoms with van der Waals surface area (Å²) in [5.74, 6) is -1.61. The predicted molar refractivity (Wildman–Crippen MR) is 104 cm³/mol. The molecule has 0 radical (unpaired) electrons. The smallest absolute Gasteiger partial charge is 0.326 e. The van der Waals surface area contributed by atoms with Crippen LogP contribution in [0.2, 0.25) is 0 Å². The molecule has 1 aliphatic rings. The normalized spacial score (nSPS) is 18.1. The van der Waals surface area contributed by atoms with Gasteiger partial charge in [0.25, 0.3) is 5.91 Å². The van der Waals surface area contributed by atoms with Crippen molar-refractivity contribution in [1.29, 1.82) is 0 Å². The van der Waals surface area contributed by atoms with Crippen molar-refractivity contribution in [2.24, 2.45) is 0 Å². The summed E-state index contributed by atoms with van der Waals surface area (Å²) in [7, 11) is 0. The Kier molecular flexibility index (Phi) is 5.61. The van der Waals surface area contributed by atoms with Crippen molar-refractivity contribution in [2.75, 3.05) is 18.1 Å². The first-order valence-corrected chi connectivity index (χ1v) is 9.32. The van der Waals surface area contributed by atoms with Crippen LogP contribution in [0.4, 0.5) is 5.69 Å². The average Bonchev–Trinajstić information content (AvgIpc) is 2.90. The van der Waals surface area contributed by atoms with Gasteiger partial charge in [-0.05, 0) is 25.0 Å². The van der Waals surface area contributed by atoms with Crippen molar-refractivity contribution in [2.45, 2.75) is 32.3 Å². The lowest BCUT2D eigenvalue weighted by Gasteiger charge is -2.22. The van der Waals surface area contributed by atoms with Gasteiger partial charge in [0.15, 0.2) is 11.4 Å². The molecule has 2 aromatic carbocycles. The molecule has 1 N–H and O–H groups in total. The van der Waals surface area contributed by atoms with Crippen LogP contribution >= 0.6 is 0 Å². The first-order valence-electron chi connectivity index (χ1n) is 9.32. The molecule has 6 heteroatoms. The minimum Gasteiger partial charge on any atom is -0.465 e. The zero-order chi connectivity index (χ0) is 20.3. The highest BCUT2D eigenvalue weighted by atomic mass is 16.5. The van der Waals surface area contributed by atoms with Crippen LogP contribution in [-0.2, 0) is 26.3 Å². The van der Waals surface area contributed by atoms with E-state index in [-0.39, 0.29) is 18.9 Å². The maximum Gasteiger partial charge on any atom is 0.326 e. The Labute approximate surface area is 163 Å². The highest BCUT2D eigenvalue weighted by Gasteiger charge is 2.51. The van der Waals surface area contributed by atoms with Crippen LogP contribution < -0.4 is 4.90 Å². The summed E-state index contributed by atoms with van der Waals surface area (Å²) >= 11 is 0. The topological polar surface area (TPSA) is 83.9 Å². The van der Waals surface area contributed by atoms with Gasteiger partial charge in [0.05, 0.1) is 18.7 Å². The molecule has 3 rings (SSSR count). The van der Waals surface area contributed by atoms with E-state index in [1.54, 1.807) is 43.3 Å². The van der Waals surface area contributed by atoms with Crippen LogP contribution in [0.5, 0.6) is 0 Å². The lowest BCUT2D eigenvalue weighted by molar-refractivity contribution is -0.144. The van der Waals surface area contributed by atoms with Gasteiger partial charge in [-0.15, -0.1) is 0 Å². The Morgan fingerprint density at radius 1 is 1.07 bits per heavy atom. The molecule has 1 aliphatic heterocycles. The molecule has 0 saturated heterocycles. The molecule has 146 valence electrons. The molecule has 1 atom stereocenters. The van der Waals surface area contributed by atoms with Crippen molar-refractivity contribution < 1.29 is 24.2 Å². The molecule has 6 nitrogen and oxygen atoms in total. The summed E-state index contributed by atoms with van der Waals surface area (Å²) < 4.78 is 4.93. The molecular weight excluding hydrogens is 358 g/mol. The van der Waals surface area contributed by atoms with Crippen molar-refractivity contribution in [3.8, 4) is 0 Å². The van der Waals surface area contributed by atoms with Crippen LogP contribution in [0.1, 0.15) is 41.8 Å². The Balaban J connectivity index is 1.89. The van der Waals surface area contributed by atoms with E-state index in [0.29, 0.717) is 16.8 Å². The molecule has 0 fully saturated rings. The second kappa shape index (κ2) is 7.94. The van der Waals surface area contributed by atoms with Gasteiger partial charge in [-0.25, -0.2) is 0 Å². The van der Waals surface area contributed by atoms with E-state index in [4.69, 9.17) is 4.74 Å². The maximum absolute atomic E-state index is 13.0. The summed E-state index contributed by atoms with van der Waals surface area (Å²) in [6.45, 7) is 3.58. The highest BCUT2D eigenvalue weighted by molar-refractivity contribution is 6.12. The number of rotatable bonds is 7. The van der Waals surface area contributed by atoms with Gasteiger partial charge < -0.3 is 9.84 Å².